The van der Waals surface area contributed by atoms with E-state index in [1.807, 2.05) is 0 Å². The van der Waals surface area contributed by atoms with Crippen molar-refractivity contribution in [3.05, 3.63) is 69.8 Å². The first-order valence-electron chi connectivity index (χ1n) is 5.68. The Morgan fingerprint density at radius 2 is 1.95 bits per heavy atom. The summed E-state index contributed by atoms with van der Waals surface area (Å²) in [5, 5.41) is 19.5. The number of nitrogens with zero attached hydrogens (tertiary/aromatic N) is 2. The van der Waals surface area contributed by atoms with E-state index in [2.05, 4.69) is 4.99 Å². The molecule has 0 saturated carbocycles. The van der Waals surface area contributed by atoms with Crippen LogP contribution >= 0.6 is 0 Å². The van der Waals surface area contributed by atoms with Crippen molar-refractivity contribution in [2.24, 2.45) is 4.99 Å². The molecule has 0 aromatic heterocycles. The number of aromatic carboxylic acids is 1. The van der Waals surface area contributed by atoms with Gasteiger partial charge in [0.05, 0.1) is 16.2 Å². The monoisotopic (exact) mass is 270 g/mol. The number of nitro benzene ring substituents is 1. The van der Waals surface area contributed by atoms with E-state index in [9.17, 15) is 14.9 Å². The van der Waals surface area contributed by atoms with Crippen LogP contribution in [0, 0.1) is 10.1 Å². The van der Waals surface area contributed by atoms with Crippen molar-refractivity contribution in [1.82, 2.24) is 0 Å². The van der Waals surface area contributed by atoms with Crippen molar-refractivity contribution in [3.63, 3.8) is 0 Å². The Labute approximate surface area is 114 Å². The molecule has 0 atom stereocenters. The first kappa shape index (κ1) is 13.4. The maximum Gasteiger partial charge on any atom is 0.335 e. The highest BCUT2D eigenvalue weighted by Gasteiger charge is 2.04. The number of carboxylic acids is 1. The van der Waals surface area contributed by atoms with Crippen LogP contribution in [0.15, 0.2) is 53.5 Å². The summed E-state index contributed by atoms with van der Waals surface area (Å²) in [5.74, 6) is -1.03. The molecular formula is C14H10N2O4. The number of aliphatic imine (C=N–C) groups is 1. The highest BCUT2D eigenvalue weighted by atomic mass is 16.6. The molecule has 2 aromatic rings. The van der Waals surface area contributed by atoms with Gasteiger partial charge in [-0.1, -0.05) is 18.2 Å². The maximum absolute atomic E-state index is 10.8. The fourth-order valence-electron chi connectivity index (χ4n) is 1.59. The molecule has 0 heterocycles. The Hall–Kier alpha value is -3.02. The highest BCUT2D eigenvalue weighted by Crippen LogP contribution is 2.16. The van der Waals surface area contributed by atoms with Crippen molar-refractivity contribution < 1.29 is 14.8 Å². The molecule has 0 saturated heterocycles. The van der Waals surface area contributed by atoms with Gasteiger partial charge in [0.2, 0.25) is 0 Å². The van der Waals surface area contributed by atoms with Crippen LogP contribution in [0.2, 0.25) is 0 Å². The van der Waals surface area contributed by atoms with Crippen LogP contribution in [-0.2, 0) is 0 Å². The Kier molecular flexibility index (Phi) is 3.85. The van der Waals surface area contributed by atoms with Crippen LogP contribution < -0.4 is 0 Å². The Balaban J connectivity index is 2.25. The van der Waals surface area contributed by atoms with Gasteiger partial charge in [-0.25, -0.2) is 4.79 Å². The number of benzene rings is 2. The molecule has 6 nitrogen and oxygen atoms in total. The molecule has 0 spiro atoms. The standard InChI is InChI=1S/C14H10N2O4/c17-14(18)11-4-2-5-12(8-11)15-9-10-3-1-6-13(7-10)16(19)20/h1-9H,(H,17,18)/b15-9+. The SMILES string of the molecule is O=C(O)c1cccc(/N=C/c2cccc([N+](=O)[O-])c2)c1. The number of carbonyl (C=O) groups is 1. The highest BCUT2D eigenvalue weighted by molar-refractivity contribution is 5.89. The third-order valence-electron chi connectivity index (χ3n) is 2.54. The van der Waals surface area contributed by atoms with Gasteiger partial charge in [-0.2, -0.15) is 0 Å². The van der Waals surface area contributed by atoms with Crippen LogP contribution in [0.5, 0.6) is 0 Å². The van der Waals surface area contributed by atoms with E-state index >= 15 is 0 Å². The summed E-state index contributed by atoms with van der Waals surface area (Å²) in [6.45, 7) is 0. The average Bonchev–Trinajstić information content (AvgIpc) is 2.45. The van der Waals surface area contributed by atoms with Crippen LogP contribution in [0.4, 0.5) is 11.4 Å². The van der Waals surface area contributed by atoms with Gasteiger partial charge < -0.3 is 5.11 Å². The molecule has 0 fully saturated rings. The minimum Gasteiger partial charge on any atom is -0.478 e. The minimum atomic E-state index is -1.03. The summed E-state index contributed by atoms with van der Waals surface area (Å²) < 4.78 is 0. The van der Waals surface area contributed by atoms with Crippen molar-refractivity contribution in [2.75, 3.05) is 0 Å². The van der Waals surface area contributed by atoms with E-state index in [4.69, 9.17) is 5.11 Å². The van der Waals surface area contributed by atoms with E-state index in [0.29, 0.717) is 11.3 Å². The number of hydrogen-bond acceptors (Lipinski definition) is 4. The lowest BCUT2D eigenvalue weighted by atomic mass is 10.2. The molecule has 0 aliphatic carbocycles. The van der Waals surface area contributed by atoms with E-state index in [1.54, 1.807) is 24.3 Å². The second kappa shape index (κ2) is 5.75. The molecule has 1 N–H and O–H groups in total. The van der Waals surface area contributed by atoms with Gasteiger partial charge in [-0.3, -0.25) is 15.1 Å². The Morgan fingerprint density at radius 1 is 1.20 bits per heavy atom. The number of hydrogen-bond donors (Lipinski definition) is 1. The maximum atomic E-state index is 10.8. The number of non-ortho nitro benzene ring substituents is 1. The molecule has 2 rings (SSSR count). The fraction of sp³-hybridized carbons (Fsp3) is 0. The van der Waals surface area contributed by atoms with Gasteiger partial charge in [-0.15, -0.1) is 0 Å². The summed E-state index contributed by atoms with van der Waals surface area (Å²) in [6.07, 6.45) is 1.45. The first-order chi connectivity index (χ1) is 9.56. The Morgan fingerprint density at radius 3 is 2.65 bits per heavy atom. The zero-order chi connectivity index (χ0) is 14.5. The molecule has 0 radical (unpaired) electrons. The molecule has 2 aromatic carbocycles. The van der Waals surface area contributed by atoms with Gasteiger partial charge in [0.15, 0.2) is 0 Å². The number of carboxylic acid groups (broad SMARTS) is 1. The zero-order valence-corrected chi connectivity index (χ0v) is 10.3. The molecule has 6 heteroatoms. The van der Waals surface area contributed by atoms with E-state index < -0.39 is 10.9 Å². The van der Waals surface area contributed by atoms with E-state index in [-0.39, 0.29) is 11.3 Å². The third-order valence-corrected chi connectivity index (χ3v) is 2.54. The van der Waals surface area contributed by atoms with Crippen molar-refractivity contribution in [2.45, 2.75) is 0 Å². The molecule has 0 aliphatic heterocycles. The molecular weight excluding hydrogens is 260 g/mol. The smallest absolute Gasteiger partial charge is 0.335 e. The lowest BCUT2D eigenvalue weighted by Gasteiger charge is -1.97. The summed E-state index contributed by atoms with van der Waals surface area (Å²) in [7, 11) is 0. The molecule has 0 amide bonds. The zero-order valence-electron chi connectivity index (χ0n) is 10.3. The van der Waals surface area contributed by atoms with Gasteiger partial charge in [0.1, 0.15) is 0 Å². The average molecular weight is 270 g/mol. The van der Waals surface area contributed by atoms with E-state index in [1.165, 1.54) is 30.5 Å². The van der Waals surface area contributed by atoms with Crippen molar-refractivity contribution in [3.8, 4) is 0 Å². The largest absolute Gasteiger partial charge is 0.478 e. The molecule has 0 bridgehead atoms. The summed E-state index contributed by atoms with van der Waals surface area (Å²) in [4.78, 5) is 25.1. The lowest BCUT2D eigenvalue weighted by Crippen LogP contribution is -1.94. The lowest BCUT2D eigenvalue weighted by molar-refractivity contribution is -0.384. The normalized spacial score (nSPS) is 10.6. The molecule has 0 aliphatic rings. The number of rotatable bonds is 4. The van der Waals surface area contributed by atoms with Gasteiger partial charge in [0, 0.05) is 18.3 Å². The molecule has 0 unspecified atom stereocenters. The van der Waals surface area contributed by atoms with Gasteiger partial charge >= 0.3 is 5.97 Å². The quantitative estimate of drug-likeness (QED) is 0.525. The van der Waals surface area contributed by atoms with E-state index in [0.717, 1.165) is 0 Å². The molecule has 100 valence electrons. The van der Waals surface area contributed by atoms with Crippen molar-refractivity contribution >= 4 is 23.6 Å². The predicted molar refractivity (Wildman–Crippen MR) is 73.8 cm³/mol. The summed E-state index contributed by atoms with van der Waals surface area (Å²) in [6, 6.07) is 12.2. The van der Waals surface area contributed by atoms with Crippen LogP contribution in [0.1, 0.15) is 15.9 Å². The first-order valence-corrected chi connectivity index (χ1v) is 5.68. The minimum absolute atomic E-state index is 0.0202. The van der Waals surface area contributed by atoms with Crippen LogP contribution in [0.25, 0.3) is 0 Å². The topological polar surface area (TPSA) is 92.8 Å². The third kappa shape index (κ3) is 3.26. The second-order valence-electron chi connectivity index (χ2n) is 3.97. The fourth-order valence-corrected chi connectivity index (χ4v) is 1.59. The van der Waals surface area contributed by atoms with Crippen LogP contribution in [0.3, 0.4) is 0 Å². The van der Waals surface area contributed by atoms with Crippen LogP contribution in [-0.4, -0.2) is 22.2 Å². The number of nitro groups is 1. The van der Waals surface area contributed by atoms with Crippen molar-refractivity contribution in [1.29, 1.82) is 0 Å². The summed E-state index contributed by atoms with van der Waals surface area (Å²) >= 11 is 0. The van der Waals surface area contributed by atoms with Gasteiger partial charge in [0.25, 0.3) is 5.69 Å². The summed E-state index contributed by atoms with van der Waals surface area (Å²) in [5.41, 5.74) is 1.16. The predicted octanol–water partition coefficient (Wildman–Crippen LogP) is 3.04. The second-order valence-corrected chi connectivity index (χ2v) is 3.97. The van der Waals surface area contributed by atoms with Gasteiger partial charge in [-0.05, 0) is 23.8 Å². The molecule has 20 heavy (non-hydrogen) atoms. The Bertz CT molecular complexity index is 636.